The maximum absolute atomic E-state index is 12.8. The SMILES string of the molecule is NC(=O)c1sc2nc(N3CCC(NCC(O)c4ccccn4)CC3)cc(OCC(F)(F)F)c2c1N. The van der Waals surface area contributed by atoms with Gasteiger partial charge in [-0.3, -0.25) is 9.78 Å². The molecule has 0 aromatic carbocycles. The lowest BCUT2D eigenvalue weighted by Crippen LogP contribution is -2.44. The molecule has 3 aromatic rings. The van der Waals surface area contributed by atoms with E-state index in [4.69, 9.17) is 16.2 Å². The van der Waals surface area contributed by atoms with Crippen LogP contribution in [0.1, 0.15) is 34.3 Å². The fourth-order valence-corrected chi connectivity index (χ4v) is 4.92. The van der Waals surface area contributed by atoms with Gasteiger partial charge in [-0.1, -0.05) is 6.07 Å². The van der Waals surface area contributed by atoms with Gasteiger partial charge >= 0.3 is 6.18 Å². The van der Waals surface area contributed by atoms with Gasteiger partial charge in [0.15, 0.2) is 6.61 Å². The molecule has 4 rings (SSSR count). The molecule has 13 heteroatoms. The number of amides is 1. The zero-order valence-electron chi connectivity index (χ0n) is 18.6. The third kappa shape index (κ3) is 5.92. The largest absolute Gasteiger partial charge is 0.483 e. The van der Waals surface area contributed by atoms with Crippen molar-refractivity contribution in [1.82, 2.24) is 15.3 Å². The number of carbonyl (C=O) groups excluding carboxylic acids is 1. The van der Waals surface area contributed by atoms with Crippen LogP contribution in [-0.2, 0) is 0 Å². The third-order valence-electron chi connectivity index (χ3n) is 5.71. The van der Waals surface area contributed by atoms with Crippen molar-refractivity contribution in [2.24, 2.45) is 5.73 Å². The summed E-state index contributed by atoms with van der Waals surface area (Å²) in [5, 5.41) is 13.8. The molecule has 1 amide bonds. The highest BCUT2D eigenvalue weighted by molar-refractivity contribution is 7.21. The van der Waals surface area contributed by atoms with E-state index in [-0.39, 0.29) is 32.6 Å². The molecular weight excluding hydrogens is 485 g/mol. The Kier molecular flexibility index (Phi) is 7.28. The van der Waals surface area contributed by atoms with Gasteiger partial charge in [0.2, 0.25) is 0 Å². The summed E-state index contributed by atoms with van der Waals surface area (Å²) in [6, 6.07) is 6.92. The van der Waals surface area contributed by atoms with E-state index in [1.807, 2.05) is 11.0 Å². The number of nitrogens with zero attached hydrogens (tertiary/aromatic N) is 3. The number of alkyl halides is 3. The smallest absolute Gasteiger partial charge is 0.422 e. The zero-order valence-corrected chi connectivity index (χ0v) is 19.4. The minimum Gasteiger partial charge on any atom is -0.483 e. The minimum absolute atomic E-state index is 0.0240. The normalized spacial score (nSPS) is 15.9. The first-order chi connectivity index (χ1) is 16.6. The number of hydrogen-bond acceptors (Lipinski definition) is 9. The van der Waals surface area contributed by atoms with E-state index in [0.717, 1.165) is 24.2 Å². The Balaban J connectivity index is 1.47. The van der Waals surface area contributed by atoms with Crippen LogP contribution in [0.3, 0.4) is 0 Å². The molecule has 0 bridgehead atoms. The number of aliphatic hydroxyl groups excluding tert-OH is 1. The molecule has 35 heavy (non-hydrogen) atoms. The predicted octanol–water partition coefficient (Wildman–Crippen LogP) is 2.61. The summed E-state index contributed by atoms with van der Waals surface area (Å²) in [6.45, 7) is 0.0131. The topological polar surface area (TPSA) is 140 Å². The molecule has 1 unspecified atom stereocenters. The summed E-state index contributed by atoms with van der Waals surface area (Å²) >= 11 is 0.923. The molecular formula is C22H25F3N6O3S. The van der Waals surface area contributed by atoms with Gasteiger partial charge in [0.25, 0.3) is 5.91 Å². The molecule has 3 aromatic heterocycles. The molecule has 1 aliphatic heterocycles. The van der Waals surface area contributed by atoms with E-state index in [2.05, 4.69) is 15.3 Å². The number of nitrogens with two attached hydrogens (primary N) is 2. The molecule has 4 heterocycles. The second kappa shape index (κ2) is 10.2. The van der Waals surface area contributed by atoms with Gasteiger partial charge in [-0.2, -0.15) is 13.2 Å². The van der Waals surface area contributed by atoms with Crippen molar-refractivity contribution in [2.75, 3.05) is 36.9 Å². The molecule has 9 nitrogen and oxygen atoms in total. The summed E-state index contributed by atoms with van der Waals surface area (Å²) in [5.41, 5.74) is 11.9. The number of aromatic nitrogens is 2. The number of nitrogen functional groups attached to an aromatic ring is 1. The van der Waals surface area contributed by atoms with Crippen LogP contribution in [0.4, 0.5) is 24.7 Å². The highest BCUT2D eigenvalue weighted by Gasteiger charge is 2.30. The Bertz CT molecular complexity index is 1180. The summed E-state index contributed by atoms with van der Waals surface area (Å²) in [6.07, 6.45) is -2.19. The maximum Gasteiger partial charge on any atom is 0.422 e. The number of piperidine rings is 1. The van der Waals surface area contributed by atoms with E-state index >= 15 is 0 Å². The molecule has 6 N–H and O–H groups in total. The van der Waals surface area contributed by atoms with E-state index in [1.165, 1.54) is 6.07 Å². The van der Waals surface area contributed by atoms with Crippen molar-refractivity contribution >= 4 is 39.0 Å². The van der Waals surface area contributed by atoms with Gasteiger partial charge in [-0.05, 0) is 25.0 Å². The molecule has 0 spiro atoms. The second-order valence-electron chi connectivity index (χ2n) is 8.21. The summed E-state index contributed by atoms with van der Waals surface area (Å²) in [7, 11) is 0. The first kappa shape index (κ1) is 24.9. The van der Waals surface area contributed by atoms with Gasteiger partial charge in [0.05, 0.1) is 16.8 Å². The molecule has 1 fully saturated rings. The first-order valence-electron chi connectivity index (χ1n) is 10.9. The average molecular weight is 511 g/mol. The Labute approximate surface area is 202 Å². The molecule has 1 atom stereocenters. The molecule has 0 aliphatic carbocycles. The number of hydrogen-bond donors (Lipinski definition) is 4. The maximum atomic E-state index is 12.8. The van der Waals surface area contributed by atoms with E-state index in [9.17, 15) is 23.1 Å². The van der Waals surface area contributed by atoms with Crippen molar-refractivity contribution in [1.29, 1.82) is 0 Å². The van der Waals surface area contributed by atoms with Crippen LogP contribution in [0.2, 0.25) is 0 Å². The Morgan fingerprint density at radius 3 is 2.71 bits per heavy atom. The lowest BCUT2D eigenvalue weighted by atomic mass is 10.0. The molecule has 188 valence electrons. The van der Waals surface area contributed by atoms with Crippen LogP contribution in [0.15, 0.2) is 30.5 Å². The fraction of sp³-hybridized carbons (Fsp3) is 0.409. The quantitative estimate of drug-likeness (QED) is 0.363. The second-order valence-corrected chi connectivity index (χ2v) is 9.21. The molecule has 1 saturated heterocycles. The van der Waals surface area contributed by atoms with Gasteiger partial charge in [-0.15, -0.1) is 11.3 Å². The third-order valence-corrected chi connectivity index (χ3v) is 6.83. The number of anilines is 2. The van der Waals surface area contributed by atoms with Crippen molar-refractivity contribution in [3.05, 3.63) is 41.0 Å². The molecule has 0 saturated carbocycles. The van der Waals surface area contributed by atoms with Crippen molar-refractivity contribution in [3.63, 3.8) is 0 Å². The van der Waals surface area contributed by atoms with E-state index in [1.54, 1.807) is 18.3 Å². The number of rotatable bonds is 8. The lowest BCUT2D eigenvalue weighted by molar-refractivity contribution is -0.153. The number of nitrogens with one attached hydrogen (secondary N) is 1. The number of primary amides is 1. The Morgan fingerprint density at radius 1 is 1.34 bits per heavy atom. The fourth-order valence-electron chi connectivity index (χ4n) is 3.96. The summed E-state index contributed by atoms with van der Waals surface area (Å²) < 4.78 is 43.5. The van der Waals surface area contributed by atoms with Crippen LogP contribution < -0.4 is 26.4 Å². The Morgan fingerprint density at radius 2 is 2.09 bits per heavy atom. The zero-order chi connectivity index (χ0) is 25.2. The Hall–Kier alpha value is -3.16. The average Bonchev–Trinajstić information content (AvgIpc) is 3.18. The van der Waals surface area contributed by atoms with Gasteiger partial charge in [-0.25, -0.2) is 4.98 Å². The minimum atomic E-state index is -4.54. The number of carbonyl (C=O) groups is 1. The number of aliphatic hydroxyl groups is 1. The van der Waals surface area contributed by atoms with Gasteiger partial charge in [0, 0.05) is 37.9 Å². The number of pyridine rings is 2. The number of fused-ring (bicyclic) bond motifs is 1. The number of ether oxygens (including phenoxy) is 1. The van der Waals surface area contributed by atoms with Crippen LogP contribution in [0.25, 0.3) is 10.2 Å². The lowest BCUT2D eigenvalue weighted by Gasteiger charge is -2.33. The van der Waals surface area contributed by atoms with Gasteiger partial charge < -0.3 is 31.5 Å². The summed E-state index contributed by atoms with van der Waals surface area (Å²) in [5.74, 6) is -0.449. The van der Waals surface area contributed by atoms with Crippen LogP contribution >= 0.6 is 11.3 Å². The number of thiophene rings is 1. The monoisotopic (exact) mass is 510 g/mol. The first-order valence-corrected chi connectivity index (χ1v) is 11.7. The standard InChI is InChI=1S/C22H25F3N6O3S/c23-22(24,25)11-34-15-9-16(30-21-17(15)18(26)19(35-21)20(27)33)31-7-4-12(5-8-31)29-10-14(32)13-3-1-2-6-28-13/h1-3,6,9,12,14,29,32H,4-5,7-8,10-11,26H2,(H2,27,33). The van der Waals surface area contributed by atoms with Gasteiger partial charge in [0.1, 0.15) is 27.4 Å². The number of halogens is 3. The van der Waals surface area contributed by atoms with Crippen molar-refractivity contribution < 1.29 is 27.8 Å². The van der Waals surface area contributed by atoms with Crippen LogP contribution in [0.5, 0.6) is 5.75 Å². The molecule has 1 aliphatic rings. The van der Waals surface area contributed by atoms with Crippen LogP contribution in [0, 0.1) is 0 Å². The highest BCUT2D eigenvalue weighted by Crippen LogP contribution is 2.41. The highest BCUT2D eigenvalue weighted by atomic mass is 32.1. The summed E-state index contributed by atoms with van der Waals surface area (Å²) in [4.78, 5) is 22.6. The van der Waals surface area contributed by atoms with E-state index < -0.39 is 24.8 Å². The van der Waals surface area contributed by atoms with Crippen LogP contribution in [-0.4, -0.2) is 59.4 Å². The predicted molar refractivity (Wildman–Crippen MR) is 127 cm³/mol. The van der Waals surface area contributed by atoms with E-state index in [0.29, 0.717) is 31.1 Å². The van der Waals surface area contributed by atoms with Crippen molar-refractivity contribution in [3.8, 4) is 5.75 Å². The van der Waals surface area contributed by atoms with Crippen molar-refractivity contribution in [2.45, 2.75) is 31.2 Å². The molecule has 0 radical (unpaired) electrons.